The van der Waals surface area contributed by atoms with E-state index >= 15 is 0 Å². The first-order valence-electron chi connectivity index (χ1n) is 15.1. The van der Waals surface area contributed by atoms with E-state index in [1.807, 2.05) is 6.92 Å². The highest BCUT2D eigenvalue weighted by Crippen LogP contribution is 2.68. The Hall–Kier alpha value is -1.50. The van der Waals surface area contributed by atoms with Gasteiger partial charge < -0.3 is 24.4 Å². The average molecular weight is 537 g/mol. The molecule has 214 valence electrons. The van der Waals surface area contributed by atoms with Crippen molar-refractivity contribution in [3.05, 3.63) is 53.1 Å². The Bertz CT molecular complexity index is 1160. The van der Waals surface area contributed by atoms with Gasteiger partial charge in [-0.1, -0.05) is 62.8 Å². The summed E-state index contributed by atoms with van der Waals surface area (Å²) in [5.74, 6) is 0.209. The van der Waals surface area contributed by atoms with E-state index in [1.165, 1.54) is 16.7 Å². The molecule has 2 N–H and O–H groups in total. The molecule has 3 saturated carbocycles. The number of allylic oxidation sites excluding steroid dienone is 2. The maximum atomic E-state index is 12.4. The summed E-state index contributed by atoms with van der Waals surface area (Å²) in [7, 11) is 1.70. The lowest BCUT2D eigenvalue weighted by Crippen LogP contribution is -2.58. The second kappa shape index (κ2) is 9.25. The Morgan fingerprint density at radius 1 is 1.03 bits per heavy atom. The van der Waals surface area contributed by atoms with Crippen molar-refractivity contribution in [1.82, 2.24) is 0 Å². The van der Waals surface area contributed by atoms with Gasteiger partial charge in [0.1, 0.15) is 0 Å². The van der Waals surface area contributed by atoms with Gasteiger partial charge in [0.15, 0.2) is 5.79 Å². The van der Waals surface area contributed by atoms with Gasteiger partial charge in [0.05, 0.1) is 31.0 Å². The number of hydrogen-bond donors (Lipinski definition) is 2. The first-order chi connectivity index (χ1) is 18.3. The molecule has 39 heavy (non-hydrogen) atoms. The van der Waals surface area contributed by atoms with Gasteiger partial charge in [-0.3, -0.25) is 0 Å². The molecule has 5 heteroatoms. The average Bonchev–Trinajstić information content (AvgIpc) is 3.15. The molecule has 0 aromatic heterocycles. The van der Waals surface area contributed by atoms with E-state index in [0.717, 1.165) is 56.1 Å². The summed E-state index contributed by atoms with van der Waals surface area (Å²) in [6.45, 7) is 14.5. The summed E-state index contributed by atoms with van der Waals surface area (Å²) in [5, 5.41) is 24.3. The van der Waals surface area contributed by atoms with Crippen LogP contribution >= 0.6 is 0 Å². The summed E-state index contributed by atoms with van der Waals surface area (Å²) >= 11 is 0. The van der Waals surface area contributed by atoms with Crippen molar-refractivity contribution >= 4 is 5.57 Å². The minimum Gasteiger partial charge on any atom is -0.387 e. The molecule has 1 saturated heterocycles. The van der Waals surface area contributed by atoms with Crippen LogP contribution in [0.4, 0.5) is 0 Å². The zero-order valence-corrected chi connectivity index (χ0v) is 24.6. The zero-order valence-electron chi connectivity index (χ0n) is 24.6. The Kier molecular flexibility index (Phi) is 6.56. The topological polar surface area (TPSA) is 68.2 Å². The fourth-order valence-electron chi connectivity index (χ4n) is 9.12. The van der Waals surface area contributed by atoms with Crippen molar-refractivity contribution in [1.29, 1.82) is 0 Å². The normalized spacial score (nSPS) is 40.6. The molecule has 0 bridgehead atoms. The molecule has 1 aromatic carbocycles. The van der Waals surface area contributed by atoms with E-state index in [-0.39, 0.29) is 16.7 Å². The smallest absolute Gasteiger partial charge is 0.171 e. The summed E-state index contributed by atoms with van der Waals surface area (Å²) < 4.78 is 18.4. The van der Waals surface area contributed by atoms with Crippen molar-refractivity contribution < 1.29 is 24.4 Å². The Morgan fingerprint density at radius 2 is 1.72 bits per heavy atom. The number of ether oxygens (including phenoxy) is 3. The largest absolute Gasteiger partial charge is 0.387 e. The number of methoxy groups -OCH3 is 1. The summed E-state index contributed by atoms with van der Waals surface area (Å²) in [6.07, 6.45) is 6.39. The van der Waals surface area contributed by atoms with E-state index in [1.54, 1.807) is 7.11 Å². The predicted molar refractivity (Wildman–Crippen MR) is 153 cm³/mol. The van der Waals surface area contributed by atoms with E-state index in [0.29, 0.717) is 38.1 Å². The third-order valence-corrected chi connectivity index (χ3v) is 11.4. The molecule has 1 aromatic rings. The molecular weight excluding hydrogens is 488 g/mol. The number of rotatable bonds is 4. The molecule has 5 nitrogen and oxygen atoms in total. The molecule has 4 aliphatic carbocycles. The lowest BCUT2D eigenvalue weighted by atomic mass is 9.49. The van der Waals surface area contributed by atoms with E-state index in [2.05, 4.69) is 51.6 Å². The van der Waals surface area contributed by atoms with Crippen LogP contribution in [-0.2, 0) is 14.2 Å². The van der Waals surface area contributed by atoms with Crippen LogP contribution in [0, 0.1) is 22.7 Å². The van der Waals surface area contributed by atoms with Crippen molar-refractivity contribution in [3.63, 3.8) is 0 Å². The fraction of sp³-hybridized carbons (Fsp3) is 0.706. The first kappa shape index (κ1) is 27.7. The van der Waals surface area contributed by atoms with Gasteiger partial charge in [-0.15, -0.1) is 0 Å². The first-order valence-corrected chi connectivity index (χ1v) is 15.1. The van der Waals surface area contributed by atoms with Crippen LogP contribution < -0.4 is 0 Å². The molecule has 1 spiro atoms. The van der Waals surface area contributed by atoms with Crippen molar-refractivity contribution in [2.75, 3.05) is 26.9 Å². The van der Waals surface area contributed by atoms with Crippen LogP contribution in [0.15, 0.2) is 42.0 Å². The molecule has 0 radical (unpaired) electrons. The van der Waals surface area contributed by atoms with Crippen LogP contribution in [0.25, 0.3) is 5.57 Å². The maximum Gasteiger partial charge on any atom is 0.171 e. The van der Waals surface area contributed by atoms with Gasteiger partial charge in [-0.25, -0.2) is 0 Å². The minimum absolute atomic E-state index is 0.000612. The van der Waals surface area contributed by atoms with Gasteiger partial charge in [0.2, 0.25) is 0 Å². The molecule has 6 atom stereocenters. The van der Waals surface area contributed by atoms with Gasteiger partial charge in [-0.2, -0.15) is 0 Å². The quantitative estimate of drug-likeness (QED) is 0.437. The predicted octanol–water partition coefficient (Wildman–Crippen LogP) is 6.39. The summed E-state index contributed by atoms with van der Waals surface area (Å²) in [5.41, 5.74) is 4.18. The van der Waals surface area contributed by atoms with E-state index < -0.39 is 17.0 Å². The second-order valence-corrected chi connectivity index (χ2v) is 14.6. The van der Waals surface area contributed by atoms with Crippen molar-refractivity contribution in [3.8, 4) is 0 Å². The SMILES string of the molecule is C=C(C)c1ccc([C@H]2C[C@@]3(C)[C@@H](CC[C@@]3(O)COC)[C@@H]3CC[C@@]4(O)CC5(CCC4=C32)OCC(C)(C)CO5)cc1. The molecule has 0 unspecified atom stereocenters. The van der Waals surface area contributed by atoms with Crippen molar-refractivity contribution in [2.45, 2.75) is 102 Å². The monoisotopic (exact) mass is 536 g/mol. The highest BCUT2D eigenvalue weighted by molar-refractivity contribution is 5.61. The van der Waals surface area contributed by atoms with E-state index in [9.17, 15) is 10.2 Å². The number of benzene rings is 1. The third kappa shape index (κ3) is 4.30. The van der Waals surface area contributed by atoms with Gasteiger partial charge >= 0.3 is 0 Å². The standard InChI is InChI=1S/C34H48O5/c1-22(2)23-7-9-24(10-8-23)26-17-31(5)27(12-15-33(31,36)21-37-6)25-11-14-32(35)18-34(16-13-28(32)29(25)26)38-19-30(3,4)20-39-34/h7-10,25-27,35-36H,1,11-21H2,2-6H3/t25-,26+,27-,31-,32+,33+/m0/s1. The van der Waals surface area contributed by atoms with Gasteiger partial charge in [0.25, 0.3) is 0 Å². The molecule has 5 aliphatic rings. The van der Waals surface area contributed by atoms with Crippen LogP contribution in [0.3, 0.4) is 0 Å². The number of hydrogen-bond acceptors (Lipinski definition) is 5. The van der Waals surface area contributed by atoms with Crippen LogP contribution in [0.1, 0.15) is 96.1 Å². The molecule has 1 aliphatic heterocycles. The van der Waals surface area contributed by atoms with Crippen LogP contribution in [-0.4, -0.2) is 54.1 Å². The Labute approximate surface area is 234 Å². The van der Waals surface area contributed by atoms with E-state index in [4.69, 9.17) is 14.2 Å². The van der Waals surface area contributed by atoms with Crippen molar-refractivity contribution in [2.24, 2.45) is 22.7 Å². The highest BCUT2D eigenvalue weighted by atomic mass is 16.7. The van der Waals surface area contributed by atoms with Crippen LogP contribution in [0.5, 0.6) is 0 Å². The summed E-state index contributed by atoms with van der Waals surface area (Å²) in [6, 6.07) is 8.86. The summed E-state index contributed by atoms with van der Waals surface area (Å²) in [4.78, 5) is 0. The zero-order chi connectivity index (χ0) is 27.8. The van der Waals surface area contributed by atoms with Gasteiger partial charge in [0, 0.05) is 36.7 Å². The molecule has 4 fully saturated rings. The number of aliphatic hydroxyl groups is 2. The van der Waals surface area contributed by atoms with Crippen LogP contribution in [0.2, 0.25) is 0 Å². The maximum absolute atomic E-state index is 12.4. The highest BCUT2D eigenvalue weighted by Gasteiger charge is 2.64. The minimum atomic E-state index is -0.906. The molecule has 6 rings (SSSR count). The van der Waals surface area contributed by atoms with Gasteiger partial charge in [-0.05, 0) is 74.0 Å². The molecular formula is C34H48O5. The molecule has 1 heterocycles. The Morgan fingerprint density at radius 3 is 2.36 bits per heavy atom. The lowest BCUT2D eigenvalue weighted by molar-refractivity contribution is -0.322. The second-order valence-electron chi connectivity index (χ2n) is 14.6. The third-order valence-electron chi connectivity index (χ3n) is 11.4. The fourth-order valence-corrected chi connectivity index (χ4v) is 9.12. The molecule has 0 amide bonds. The Balaban J connectivity index is 1.43. The lowest BCUT2D eigenvalue weighted by Gasteiger charge is -2.58. The number of fused-ring (bicyclic) bond motifs is 4.